The van der Waals surface area contributed by atoms with E-state index in [1.807, 2.05) is 30.3 Å². The van der Waals surface area contributed by atoms with Crippen molar-refractivity contribution in [2.45, 2.75) is 32.1 Å². The number of nitrogens with one attached hydrogen (secondary N) is 2. The zero-order chi connectivity index (χ0) is 18.4. The maximum atomic E-state index is 12.1. The highest BCUT2D eigenvalue weighted by atomic mass is 35.5. The first-order valence-corrected chi connectivity index (χ1v) is 9.09. The number of anilines is 2. The van der Waals surface area contributed by atoms with Crippen LogP contribution in [0.15, 0.2) is 42.5 Å². The summed E-state index contributed by atoms with van der Waals surface area (Å²) in [4.78, 5) is 23.7. The number of aryl methyl sites for hydroxylation is 1. The zero-order valence-electron chi connectivity index (χ0n) is 14.4. The number of fused-ring (bicyclic) bond motifs is 1. The molecule has 0 atom stereocenters. The van der Waals surface area contributed by atoms with Crippen LogP contribution in [0.4, 0.5) is 11.4 Å². The Kier molecular flexibility index (Phi) is 6.12. The van der Waals surface area contributed by atoms with Crippen LogP contribution in [0.3, 0.4) is 0 Å². The molecule has 3 rings (SSSR count). The summed E-state index contributed by atoms with van der Waals surface area (Å²) in [5.41, 5.74) is 2.63. The summed E-state index contributed by atoms with van der Waals surface area (Å²) < 4.78 is 5.58. The second kappa shape index (κ2) is 8.72. The molecule has 26 heavy (non-hydrogen) atoms. The molecule has 0 spiro atoms. The molecule has 1 aliphatic rings. The Morgan fingerprint density at radius 1 is 1.19 bits per heavy atom. The van der Waals surface area contributed by atoms with E-state index in [0.29, 0.717) is 36.6 Å². The average Bonchev–Trinajstić information content (AvgIpc) is 2.80. The van der Waals surface area contributed by atoms with Gasteiger partial charge in [0.15, 0.2) is 0 Å². The number of rotatable bonds is 6. The summed E-state index contributed by atoms with van der Waals surface area (Å²) >= 11 is 6.02. The monoisotopic (exact) mass is 372 g/mol. The van der Waals surface area contributed by atoms with Gasteiger partial charge in [-0.05, 0) is 55.2 Å². The fourth-order valence-corrected chi connectivity index (χ4v) is 3.04. The molecule has 2 aromatic rings. The molecule has 0 saturated heterocycles. The fraction of sp³-hybridized carbons (Fsp3) is 0.300. The first-order chi connectivity index (χ1) is 12.6. The van der Waals surface area contributed by atoms with Gasteiger partial charge in [-0.2, -0.15) is 0 Å². The fourth-order valence-electron chi connectivity index (χ4n) is 2.85. The smallest absolute Gasteiger partial charge is 0.224 e. The van der Waals surface area contributed by atoms with Gasteiger partial charge in [0.2, 0.25) is 11.8 Å². The van der Waals surface area contributed by atoms with Gasteiger partial charge in [0.25, 0.3) is 0 Å². The van der Waals surface area contributed by atoms with E-state index in [4.69, 9.17) is 16.3 Å². The number of para-hydroxylation sites is 1. The van der Waals surface area contributed by atoms with Gasteiger partial charge in [-0.25, -0.2) is 0 Å². The summed E-state index contributed by atoms with van der Waals surface area (Å²) in [5.74, 6) is 0.604. The number of hydrogen-bond acceptors (Lipinski definition) is 3. The minimum atomic E-state index is -0.0645. The Balaban J connectivity index is 1.47. The van der Waals surface area contributed by atoms with Crippen LogP contribution < -0.4 is 15.4 Å². The summed E-state index contributed by atoms with van der Waals surface area (Å²) in [6.45, 7) is 0.424. The molecule has 0 saturated carbocycles. The summed E-state index contributed by atoms with van der Waals surface area (Å²) in [7, 11) is 0. The van der Waals surface area contributed by atoms with Crippen molar-refractivity contribution in [3.63, 3.8) is 0 Å². The van der Waals surface area contributed by atoms with Crippen molar-refractivity contribution in [1.29, 1.82) is 0 Å². The largest absolute Gasteiger partial charge is 0.492 e. The highest BCUT2D eigenvalue weighted by molar-refractivity contribution is 6.32. The molecule has 2 aromatic carbocycles. The standard InChI is InChI=1S/C20H21ClN2O3/c21-16-6-1-2-7-18(16)26-12-4-9-19(24)22-15-10-11-17-14(13-15)5-3-8-20(25)23-17/h1-2,6-7,10-11,13H,3-5,8-9,12H2,(H,22,24)(H,23,25). The molecule has 0 aromatic heterocycles. The Labute approximate surface area is 157 Å². The number of hydrogen-bond donors (Lipinski definition) is 2. The lowest BCUT2D eigenvalue weighted by Crippen LogP contribution is -2.13. The van der Waals surface area contributed by atoms with Crippen molar-refractivity contribution < 1.29 is 14.3 Å². The van der Waals surface area contributed by atoms with Gasteiger partial charge >= 0.3 is 0 Å². The van der Waals surface area contributed by atoms with Crippen molar-refractivity contribution in [1.82, 2.24) is 0 Å². The number of ether oxygens (including phenoxy) is 1. The van der Waals surface area contributed by atoms with Gasteiger partial charge in [0.05, 0.1) is 11.6 Å². The van der Waals surface area contributed by atoms with E-state index in [2.05, 4.69) is 10.6 Å². The average molecular weight is 373 g/mol. The molecule has 0 bridgehead atoms. The molecule has 136 valence electrons. The minimum Gasteiger partial charge on any atom is -0.492 e. The quantitative estimate of drug-likeness (QED) is 0.738. The van der Waals surface area contributed by atoms with Crippen molar-refractivity contribution in [2.24, 2.45) is 0 Å². The molecule has 0 unspecified atom stereocenters. The lowest BCUT2D eigenvalue weighted by molar-refractivity contribution is -0.117. The van der Waals surface area contributed by atoms with Crippen LogP contribution in [-0.2, 0) is 16.0 Å². The molecular formula is C20H21ClN2O3. The normalized spacial score (nSPS) is 13.3. The molecule has 0 fully saturated rings. The predicted octanol–water partition coefficient (Wildman–Crippen LogP) is 4.41. The molecule has 0 aliphatic carbocycles. The number of benzene rings is 2. The van der Waals surface area contributed by atoms with Gasteiger partial charge in [-0.15, -0.1) is 0 Å². The maximum Gasteiger partial charge on any atom is 0.224 e. The van der Waals surface area contributed by atoms with Crippen LogP contribution in [0.25, 0.3) is 0 Å². The molecule has 0 radical (unpaired) electrons. The Bertz CT molecular complexity index is 807. The van der Waals surface area contributed by atoms with E-state index in [-0.39, 0.29) is 11.8 Å². The summed E-state index contributed by atoms with van der Waals surface area (Å²) in [6, 6.07) is 12.8. The Hall–Kier alpha value is -2.53. The third-order valence-electron chi connectivity index (χ3n) is 4.16. The lowest BCUT2D eigenvalue weighted by Gasteiger charge is -2.11. The van der Waals surface area contributed by atoms with Gasteiger partial charge in [-0.1, -0.05) is 23.7 Å². The lowest BCUT2D eigenvalue weighted by atomic mass is 10.1. The molecule has 2 N–H and O–H groups in total. The molecule has 6 heteroatoms. The molecule has 1 aliphatic heterocycles. The second-order valence-corrected chi connectivity index (χ2v) is 6.61. The molecule has 1 heterocycles. The van der Waals surface area contributed by atoms with E-state index in [9.17, 15) is 9.59 Å². The maximum absolute atomic E-state index is 12.1. The topological polar surface area (TPSA) is 67.4 Å². The van der Waals surface area contributed by atoms with Crippen LogP contribution in [0.2, 0.25) is 5.02 Å². The summed E-state index contributed by atoms with van der Waals surface area (Å²) in [6.07, 6.45) is 3.12. The number of carbonyl (C=O) groups excluding carboxylic acids is 2. The Morgan fingerprint density at radius 3 is 2.88 bits per heavy atom. The first-order valence-electron chi connectivity index (χ1n) is 8.72. The van der Waals surface area contributed by atoms with Crippen molar-refractivity contribution in [2.75, 3.05) is 17.2 Å². The number of amides is 2. The van der Waals surface area contributed by atoms with Crippen LogP contribution in [0.5, 0.6) is 5.75 Å². The van der Waals surface area contributed by atoms with Gasteiger partial charge < -0.3 is 15.4 Å². The van der Waals surface area contributed by atoms with Gasteiger partial charge in [-0.3, -0.25) is 9.59 Å². The highest BCUT2D eigenvalue weighted by Crippen LogP contribution is 2.26. The number of halogens is 1. The van der Waals surface area contributed by atoms with Crippen LogP contribution in [-0.4, -0.2) is 18.4 Å². The molecular weight excluding hydrogens is 352 g/mol. The van der Waals surface area contributed by atoms with E-state index in [1.54, 1.807) is 12.1 Å². The van der Waals surface area contributed by atoms with Gasteiger partial charge in [0, 0.05) is 24.2 Å². The SMILES string of the molecule is O=C(CCCOc1ccccc1Cl)Nc1ccc2c(c1)CCCC(=O)N2. The van der Waals surface area contributed by atoms with Crippen LogP contribution >= 0.6 is 11.6 Å². The number of carbonyl (C=O) groups is 2. The second-order valence-electron chi connectivity index (χ2n) is 6.20. The third kappa shape index (κ3) is 4.99. The first kappa shape index (κ1) is 18.3. The van der Waals surface area contributed by atoms with Gasteiger partial charge in [0.1, 0.15) is 5.75 Å². The minimum absolute atomic E-state index is 0.0408. The van der Waals surface area contributed by atoms with E-state index >= 15 is 0 Å². The molecule has 5 nitrogen and oxygen atoms in total. The summed E-state index contributed by atoms with van der Waals surface area (Å²) in [5, 5.41) is 6.35. The highest BCUT2D eigenvalue weighted by Gasteiger charge is 2.13. The van der Waals surface area contributed by atoms with Crippen molar-refractivity contribution in [3.8, 4) is 5.75 Å². The van der Waals surface area contributed by atoms with Crippen molar-refractivity contribution >= 4 is 34.8 Å². The molecule has 2 amide bonds. The Morgan fingerprint density at radius 2 is 2.04 bits per heavy atom. The van der Waals surface area contributed by atoms with Crippen LogP contribution in [0.1, 0.15) is 31.2 Å². The predicted molar refractivity (Wildman–Crippen MR) is 103 cm³/mol. The van der Waals surface area contributed by atoms with Crippen molar-refractivity contribution in [3.05, 3.63) is 53.1 Å². The van der Waals surface area contributed by atoms with Crippen LogP contribution in [0, 0.1) is 0 Å². The third-order valence-corrected chi connectivity index (χ3v) is 4.47. The van der Waals surface area contributed by atoms with E-state index in [1.165, 1.54) is 0 Å². The zero-order valence-corrected chi connectivity index (χ0v) is 15.1. The van der Waals surface area contributed by atoms with E-state index in [0.717, 1.165) is 29.8 Å². The van der Waals surface area contributed by atoms with E-state index < -0.39 is 0 Å².